The summed E-state index contributed by atoms with van der Waals surface area (Å²) in [5, 5.41) is 0. The van der Waals surface area contributed by atoms with Crippen LogP contribution in [0.25, 0.3) is 0 Å². The first-order valence-corrected chi connectivity index (χ1v) is 1.23. The van der Waals surface area contributed by atoms with Gasteiger partial charge >= 0.3 is 0 Å². The summed E-state index contributed by atoms with van der Waals surface area (Å²) in [4.78, 5) is 4.04. The van der Waals surface area contributed by atoms with E-state index in [1.54, 1.807) is 0 Å². The molecule has 0 saturated carbocycles. The number of rotatable bonds is 1. The Morgan fingerprint density at radius 1 is 1.25 bits per heavy atom. The summed E-state index contributed by atoms with van der Waals surface area (Å²) in [6.07, 6.45) is 0. The Kier molecular flexibility index (Phi) is 189. The van der Waals surface area contributed by atoms with Gasteiger partial charge in [0, 0.05) is 37.1 Å². The molecule has 0 spiro atoms. The zero-order valence-corrected chi connectivity index (χ0v) is 8.38. The van der Waals surface area contributed by atoms with Crippen LogP contribution in [0, 0.1) is 14.9 Å². The topological polar surface area (TPSA) is 35.2 Å². The molecule has 2 N–H and O–H groups in total. The van der Waals surface area contributed by atoms with Gasteiger partial charge in [-0.25, -0.2) is 5.90 Å². The van der Waals surface area contributed by atoms with Gasteiger partial charge in [-0.2, -0.15) is 0 Å². The third-order valence-corrected chi connectivity index (χ3v) is 0.167. The van der Waals surface area contributed by atoms with E-state index in [1.165, 1.54) is 0 Å². The fourth-order valence-electron chi connectivity index (χ4n) is 0. The van der Waals surface area contributed by atoms with E-state index in [0.717, 1.165) is 0 Å². The van der Waals surface area contributed by atoms with Crippen LogP contribution in [0.15, 0.2) is 0 Å². The molecule has 0 bridgehead atoms. The molecule has 0 saturated heterocycles. The van der Waals surface area contributed by atoms with E-state index in [2.05, 4.69) is 10.7 Å². The van der Waals surface area contributed by atoms with Gasteiger partial charge in [0.1, 0.15) is 0 Å². The van der Waals surface area contributed by atoms with Crippen LogP contribution in [0.3, 0.4) is 0 Å². The first-order chi connectivity index (χ1) is 1.91. The van der Waals surface area contributed by atoms with E-state index in [-0.39, 0.29) is 52.0 Å². The van der Waals surface area contributed by atoms with Crippen molar-refractivity contribution in [2.45, 2.75) is 6.92 Å². The molecule has 0 amide bonds. The Hall–Kier alpha value is 1.09. The zero-order chi connectivity index (χ0) is 3.41. The van der Waals surface area contributed by atoms with Gasteiger partial charge < -0.3 is 19.7 Å². The molecule has 4 heteroatoms. The maximum absolute atomic E-state index is 4.53. The van der Waals surface area contributed by atoms with Crippen molar-refractivity contribution in [3.05, 3.63) is 14.9 Å². The Morgan fingerprint density at radius 2 is 1.38 bits per heavy atom. The summed E-state index contributed by atoms with van der Waals surface area (Å²) in [7, 11) is 0. The Morgan fingerprint density at radius 3 is 1.38 bits per heavy atom. The molecule has 0 aromatic rings. The number of hydrogen-bond acceptors (Lipinski definition) is 2. The first-order valence-electron chi connectivity index (χ1n) is 1.23. The van der Waals surface area contributed by atoms with Crippen LogP contribution in [0.5, 0.6) is 0 Å². The maximum atomic E-state index is 4.53. The summed E-state index contributed by atoms with van der Waals surface area (Å²) in [6.45, 7) is 2.43. The fraction of sp³-hybridized carbons (Fsp3) is 0.500. The van der Waals surface area contributed by atoms with Crippen LogP contribution in [-0.4, -0.2) is 6.61 Å². The van der Waals surface area contributed by atoms with Gasteiger partial charge in [-0.15, -0.1) is 0 Å². The molecule has 2 radical (unpaired) electrons. The Balaban J connectivity index is -0.00000000750. The molecule has 2 nitrogen and oxygen atoms in total. The fourth-order valence-corrected chi connectivity index (χ4v) is 0. The molecule has 0 aromatic heterocycles. The minimum absolute atomic E-state index is 0. The molecule has 0 fully saturated rings. The van der Waals surface area contributed by atoms with Crippen molar-refractivity contribution in [2.24, 2.45) is 5.90 Å². The quantitative estimate of drug-likeness (QED) is 0.493. The van der Waals surface area contributed by atoms with Gasteiger partial charge in [-0.05, 0) is 6.92 Å². The molecular formula is C4H13NOV2-2. The van der Waals surface area contributed by atoms with Gasteiger partial charge in [0.15, 0.2) is 0 Å². The average molecular weight is 193 g/mol. The second-order valence-corrected chi connectivity index (χ2v) is 0.455. The number of nitrogens with two attached hydrogens (primary N) is 1. The standard InChI is InChI=1S/C2H7NO.2CH3.2V/c1-2-4-3;;;;/h2-3H2,1H3;2*1H3;;/q;2*-1;;. The molecule has 0 aliphatic heterocycles. The summed E-state index contributed by atoms with van der Waals surface area (Å²) in [5.41, 5.74) is 0. The average Bonchev–Trinajstić information content (AvgIpc) is 1.37. The molecule has 0 heterocycles. The summed E-state index contributed by atoms with van der Waals surface area (Å²) in [6, 6.07) is 0. The summed E-state index contributed by atoms with van der Waals surface area (Å²) < 4.78 is 0. The van der Waals surface area contributed by atoms with Crippen LogP contribution in [0.4, 0.5) is 0 Å². The minimum atomic E-state index is 0. The molecule has 0 aliphatic rings. The first kappa shape index (κ1) is 35.6. The molecule has 0 rings (SSSR count). The van der Waals surface area contributed by atoms with Crippen molar-refractivity contribution in [1.29, 1.82) is 0 Å². The zero-order valence-electron chi connectivity index (χ0n) is 5.59. The third kappa shape index (κ3) is 60.2. The summed E-state index contributed by atoms with van der Waals surface area (Å²) >= 11 is 0. The van der Waals surface area contributed by atoms with E-state index in [4.69, 9.17) is 0 Å². The van der Waals surface area contributed by atoms with Crippen molar-refractivity contribution >= 4 is 0 Å². The second kappa shape index (κ2) is 42.6. The molecule has 0 unspecified atom stereocenters. The van der Waals surface area contributed by atoms with E-state index in [0.29, 0.717) is 6.61 Å². The van der Waals surface area contributed by atoms with Crippen LogP contribution < -0.4 is 5.90 Å². The van der Waals surface area contributed by atoms with Crippen LogP contribution >= 0.6 is 0 Å². The van der Waals surface area contributed by atoms with Crippen molar-refractivity contribution < 1.29 is 41.9 Å². The molecule has 0 atom stereocenters. The van der Waals surface area contributed by atoms with Crippen molar-refractivity contribution in [3.8, 4) is 0 Å². The molecule has 52 valence electrons. The smallest absolute Gasteiger partial charge is 0.0651 e. The van der Waals surface area contributed by atoms with Crippen LogP contribution in [-0.2, 0) is 41.9 Å². The Bertz CT molecular complexity index is 16.0. The third-order valence-electron chi connectivity index (χ3n) is 0.167. The molecular weight excluding hydrogens is 180 g/mol. The van der Waals surface area contributed by atoms with Crippen molar-refractivity contribution in [3.63, 3.8) is 0 Å². The van der Waals surface area contributed by atoms with Crippen LogP contribution in [0.2, 0.25) is 0 Å². The van der Waals surface area contributed by atoms with Crippen molar-refractivity contribution in [1.82, 2.24) is 0 Å². The predicted octanol–water partition coefficient (Wildman–Crippen LogP) is 0.792. The predicted molar refractivity (Wildman–Crippen MR) is 28.6 cm³/mol. The minimum Gasteiger partial charge on any atom is -0.358 e. The van der Waals surface area contributed by atoms with E-state index < -0.39 is 0 Å². The maximum Gasteiger partial charge on any atom is 0.0651 e. The number of hydrogen-bond donors (Lipinski definition) is 1. The van der Waals surface area contributed by atoms with Crippen LogP contribution in [0.1, 0.15) is 6.92 Å². The van der Waals surface area contributed by atoms with Crippen molar-refractivity contribution in [2.75, 3.05) is 6.61 Å². The van der Waals surface area contributed by atoms with Gasteiger partial charge in [0.2, 0.25) is 0 Å². The van der Waals surface area contributed by atoms with Gasteiger partial charge in [0.05, 0.1) is 6.61 Å². The molecule has 0 aliphatic carbocycles. The van der Waals surface area contributed by atoms with Gasteiger partial charge in [-0.1, -0.05) is 0 Å². The normalized spacial score (nSPS) is 3.75. The largest absolute Gasteiger partial charge is 0.358 e. The van der Waals surface area contributed by atoms with Gasteiger partial charge in [-0.3, -0.25) is 0 Å². The second-order valence-electron chi connectivity index (χ2n) is 0.455. The Labute approximate surface area is 76.3 Å². The molecule has 8 heavy (non-hydrogen) atoms. The molecule has 0 aromatic carbocycles. The van der Waals surface area contributed by atoms with Gasteiger partial charge in [0.25, 0.3) is 0 Å². The monoisotopic (exact) mass is 193 g/mol. The van der Waals surface area contributed by atoms with E-state index in [9.17, 15) is 0 Å². The van der Waals surface area contributed by atoms with E-state index >= 15 is 0 Å². The van der Waals surface area contributed by atoms with E-state index in [1.807, 2.05) is 6.92 Å². The SMILES string of the molecule is CCON.[CH3-].[CH3-].[V].[V]. The summed E-state index contributed by atoms with van der Waals surface area (Å²) in [5.74, 6) is 4.53.